The summed E-state index contributed by atoms with van der Waals surface area (Å²) in [5.41, 5.74) is 3.64. The summed E-state index contributed by atoms with van der Waals surface area (Å²) in [6.45, 7) is 2.06. The van der Waals surface area contributed by atoms with Gasteiger partial charge >= 0.3 is 0 Å². The quantitative estimate of drug-likeness (QED) is 0.776. The third kappa shape index (κ3) is 2.68. The van der Waals surface area contributed by atoms with Gasteiger partial charge in [-0.15, -0.1) is 0 Å². The lowest BCUT2D eigenvalue weighted by Gasteiger charge is -2.24. The smallest absolute Gasteiger partial charge is 0.144 e. The van der Waals surface area contributed by atoms with Crippen LogP contribution in [0.5, 0.6) is 0 Å². The van der Waals surface area contributed by atoms with E-state index in [4.69, 9.17) is 4.98 Å². The van der Waals surface area contributed by atoms with Gasteiger partial charge in [0.25, 0.3) is 0 Å². The van der Waals surface area contributed by atoms with Crippen LogP contribution in [0.3, 0.4) is 0 Å². The lowest BCUT2D eigenvalue weighted by molar-refractivity contribution is 0.245. The molecular weight excluding hydrogens is 286 g/mol. The van der Waals surface area contributed by atoms with Gasteiger partial charge in [0.1, 0.15) is 5.82 Å². The van der Waals surface area contributed by atoms with Crippen LogP contribution in [0.4, 0.5) is 5.82 Å². The van der Waals surface area contributed by atoms with Crippen molar-refractivity contribution in [1.82, 2.24) is 19.9 Å². The Balaban J connectivity index is 1.61. The Morgan fingerprint density at radius 2 is 2.26 bits per heavy atom. The molecule has 0 spiro atoms. The molecule has 0 unspecified atom stereocenters. The van der Waals surface area contributed by atoms with Crippen LogP contribution in [0.25, 0.3) is 10.9 Å². The summed E-state index contributed by atoms with van der Waals surface area (Å²) in [4.78, 5) is 14.8. The largest absolute Gasteiger partial charge is 0.372 e. The molecule has 2 N–H and O–H groups in total. The van der Waals surface area contributed by atoms with Crippen molar-refractivity contribution < 1.29 is 0 Å². The van der Waals surface area contributed by atoms with Crippen LogP contribution < -0.4 is 5.32 Å². The summed E-state index contributed by atoms with van der Waals surface area (Å²) in [7, 11) is 1.88. The number of fused-ring (bicyclic) bond motifs is 1. The highest BCUT2D eigenvalue weighted by Crippen LogP contribution is 2.33. The fraction of sp³-hybridized carbons (Fsp3) is 0.333. The van der Waals surface area contributed by atoms with Crippen LogP contribution in [0.15, 0.2) is 42.9 Å². The zero-order valence-corrected chi connectivity index (χ0v) is 13.3. The molecule has 1 saturated heterocycles. The second-order valence-electron chi connectivity index (χ2n) is 6.06. The van der Waals surface area contributed by atoms with Gasteiger partial charge in [-0.3, -0.25) is 9.88 Å². The van der Waals surface area contributed by atoms with E-state index in [-0.39, 0.29) is 0 Å². The van der Waals surface area contributed by atoms with Gasteiger partial charge in [-0.05, 0) is 37.1 Å². The third-order valence-corrected chi connectivity index (χ3v) is 4.67. The number of aromatic amines is 1. The molecular formula is C18H21N5. The minimum Gasteiger partial charge on any atom is -0.372 e. The highest BCUT2D eigenvalue weighted by Gasteiger charge is 2.27. The maximum atomic E-state index is 4.70. The molecule has 3 aromatic rings. The van der Waals surface area contributed by atoms with E-state index in [1.165, 1.54) is 22.9 Å². The van der Waals surface area contributed by atoms with Crippen molar-refractivity contribution in [2.75, 3.05) is 18.9 Å². The Bertz CT molecular complexity index is 810. The maximum Gasteiger partial charge on any atom is 0.144 e. The summed E-state index contributed by atoms with van der Waals surface area (Å²) in [6.07, 6.45) is 8.03. The van der Waals surface area contributed by atoms with Crippen molar-refractivity contribution in [3.05, 3.63) is 54.1 Å². The molecule has 1 atom stereocenters. The zero-order valence-electron chi connectivity index (χ0n) is 13.3. The molecule has 1 aliphatic rings. The summed E-state index contributed by atoms with van der Waals surface area (Å²) in [6, 6.07) is 8.99. The van der Waals surface area contributed by atoms with Gasteiger partial charge in [-0.2, -0.15) is 0 Å². The predicted octanol–water partition coefficient (Wildman–Crippen LogP) is 3.34. The molecule has 1 aromatic carbocycles. The van der Waals surface area contributed by atoms with Gasteiger partial charge < -0.3 is 10.3 Å². The number of anilines is 1. The van der Waals surface area contributed by atoms with E-state index in [1.54, 1.807) is 6.20 Å². The molecule has 1 fully saturated rings. The molecule has 0 saturated carbocycles. The van der Waals surface area contributed by atoms with Crippen LogP contribution in [0, 0.1) is 0 Å². The SMILES string of the molecule is CNc1cncc([C@@H]2CCCN2Cc2cccc3[nH]ccc23)n1. The number of likely N-dealkylation sites (tertiary alicyclic amines) is 1. The fourth-order valence-corrected chi connectivity index (χ4v) is 3.52. The summed E-state index contributed by atoms with van der Waals surface area (Å²) >= 11 is 0. The van der Waals surface area contributed by atoms with E-state index in [0.717, 1.165) is 31.0 Å². The van der Waals surface area contributed by atoms with Crippen molar-refractivity contribution in [1.29, 1.82) is 0 Å². The Kier molecular flexibility index (Phi) is 3.71. The van der Waals surface area contributed by atoms with Crippen molar-refractivity contribution in [3.63, 3.8) is 0 Å². The maximum absolute atomic E-state index is 4.70. The molecule has 4 rings (SSSR count). The Morgan fingerprint density at radius 3 is 3.17 bits per heavy atom. The second kappa shape index (κ2) is 6.01. The van der Waals surface area contributed by atoms with E-state index in [0.29, 0.717) is 6.04 Å². The van der Waals surface area contributed by atoms with E-state index in [9.17, 15) is 0 Å². The monoisotopic (exact) mass is 307 g/mol. The van der Waals surface area contributed by atoms with Crippen molar-refractivity contribution in [3.8, 4) is 0 Å². The summed E-state index contributed by atoms with van der Waals surface area (Å²) in [5.74, 6) is 0.835. The molecule has 0 bridgehead atoms. The number of H-pyrrole nitrogens is 1. The third-order valence-electron chi connectivity index (χ3n) is 4.67. The average Bonchev–Trinajstić information content (AvgIpc) is 3.24. The molecule has 5 nitrogen and oxygen atoms in total. The van der Waals surface area contributed by atoms with Crippen molar-refractivity contribution in [2.45, 2.75) is 25.4 Å². The second-order valence-corrected chi connectivity index (χ2v) is 6.06. The Labute approximate surface area is 135 Å². The van der Waals surface area contributed by atoms with E-state index < -0.39 is 0 Å². The number of aromatic nitrogens is 3. The van der Waals surface area contributed by atoms with Crippen LogP contribution in [0.1, 0.15) is 30.1 Å². The van der Waals surface area contributed by atoms with Crippen LogP contribution in [-0.4, -0.2) is 33.4 Å². The van der Waals surface area contributed by atoms with E-state index in [1.807, 2.05) is 19.4 Å². The minimum absolute atomic E-state index is 0.352. The summed E-state index contributed by atoms with van der Waals surface area (Å²) < 4.78 is 0. The number of benzene rings is 1. The van der Waals surface area contributed by atoms with Crippen LogP contribution in [-0.2, 0) is 6.54 Å². The molecule has 118 valence electrons. The summed E-state index contributed by atoms with van der Waals surface area (Å²) in [5, 5.41) is 4.39. The Hall–Kier alpha value is -2.40. The average molecular weight is 307 g/mol. The molecule has 0 radical (unpaired) electrons. The molecule has 0 amide bonds. The molecule has 0 aliphatic carbocycles. The lowest BCUT2D eigenvalue weighted by atomic mass is 10.1. The van der Waals surface area contributed by atoms with E-state index >= 15 is 0 Å². The van der Waals surface area contributed by atoms with Gasteiger partial charge in [0, 0.05) is 30.7 Å². The topological polar surface area (TPSA) is 56.8 Å². The van der Waals surface area contributed by atoms with Gasteiger partial charge in [0.15, 0.2) is 0 Å². The van der Waals surface area contributed by atoms with Gasteiger partial charge in [-0.1, -0.05) is 12.1 Å². The first-order valence-corrected chi connectivity index (χ1v) is 8.14. The van der Waals surface area contributed by atoms with Gasteiger partial charge in [0.05, 0.1) is 24.1 Å². The minimum atomic E-state index is 0.352. The number of rotatable bonds is 4. The van der Waals surface area contributed by atoms with Gasteiger partial charge in [-0.25, -0.2) is 4.98 Å². The standard InChI is InChI=1S/C18H21N5/c1-19-18-11-20-10-16(22-18)17-6-3-9-23(17)12-13-4-2-5-15-14(13)7-8-21-15/h2,4-5,7-8,10-11,17,21H,3,6,9,12H2,1H3,(H,19,22)/t17-/m0/s1. The molecule has 5 heteroatoms. The van der Waals surface area contributed by atoms with Crippen LogP contribution in [0.2, 0.25) is 0 Å². The number of hydrogen-bond donors (Lipinski definition) is 2. The molecule has 1 aliphatic heterocycles. The zero-order chi connectivity index (χ0) is 15.6. The first-order chi connectivity index (χ1) is 11.3. The molecule has 2 aromatic heterocycles. The van der Waals surface area contributed by atoms with Crippen molar-refractivity contribution >= 4 is 16.7 Å². The number of nitrogens with one attached hydrogen (secondary N) is 2. The first-order valence-electron chi connectivity index (χ1n) is 8.14. The lowest BCUT2D eigenvalue weighted by Crippen LogP contribution is -2.23. The highest BCUT2D eigenvalue weighted by molar-refractivity contribution is 5.82. The Morgan fingerprint density at radius 1 is 1.30 bits per heavy atom. The van der Waals surface area contributed by atoms with Gasteiger partial charge in [0.2, 0.25) is 0 Å². The number of hydrogen-bond acceptors (Lipinski definition) is 4. The normalized spacial score (nSPS) is 18.6. The van der Waals surface area contributed by atoms with E-state index in [2.05, 4.69) is 44.5 Å². The first kappa shape index (κ1) is 14.2. The number of nitrogens with zero attached hydrogens (tertiary/aromatic N) is 3. The molecule has 23 heavy (non-hydrogen) atoms. The van der Waals surface area contributed by atoms with Crippen molar-refractivity contribution in [2.24, 2.45) is 0 Å². The fourth-order valence-electron chi connectivity index (χ4n) is 3.52. The van der Waals surface area contributed by atoms with Crippen LogP contribution >= 0.6 is 0 Å². The highest BCUT2D eigenvalue weighted by atomic mass is 15.2. The predicted molar refractivity (Wildman–Crippen MR) is 92.3 cm³/mol. The molecule has 3 heterocycles.